The Morgan fingerprint density at radius 1 is 1.07 bits per heavy atom. The Hall–Kier alpha value is -1.96. The SMILES string of the molecule is CN(CCc1noc(C2CN(C(=O)C3CCCCC3)C2)n1)C(=O)C1CCOCC1. The molecule has 0 N–H and O–H groups in total. The van der Waals surface area contributed by atoms with Gasteiger partial charge in [0.05, 0.1) is 5.92 Å². The largest absolute Gasteiger partial charge is 0.381 e. The fourth-order valence-electron chi connectivity index (χ4n) is 4.59. The Morgan fingerprint density at radius 2 is 1.79 bits per heavy atom. The average molecular weight is 405 g/mol. The fraction of sp³-hybridized carbons (Fsp3) is 0.810. The number of carbonyl (C=O) groups is 2. The highest BCUT2D eigenvalue weighted by Gasteiger charge is 2.38. The van der Waals surface area contributed by atoms with E-state index in [1.165, 1.54) is 19.3 Å². The first-order valence-corrected chi connectivity index (χ1v) is 11.1. The van der Waals surface area contributed by atoms with Gasteiger partial charge in [0.1, 0.15) is 0 Å². The third-order valence-corrected chi connectivity index (χ3v) is 6.60. The zero-order valence-corrected chi connectivity index (χ0v) is 17.3. The quantitative estimate of drug-likeness (QED) is 0.721. The van der Waals surface area contributed by atoms with Gasteiger partial charge in [-0.15, -0.1) is 0 Å². The minimum Gasteiger partial charge on any atom is -0.381 e. The molecule has 0 bridgehead atoms. The van der Waals surface area contributed by atoms with Crippen LogP contribution in [-0.2, 0) is 20.7 Å². The van der Waals surface area contributed by atoms with Crippen molar-refractivity contribution in [3.8, 4) is 0 Å². The highest BCUT2D eigenvalue weighted by atomic mass is 16.5. The monoisotopic (exact) mass is 404 g/mol. The topological polar surface area (TPSA) is 88.8 Å². The van der Waals surface area contributed by atoms with Crippen LogP contribution in [0.15, 0.2) is 4.52 Å². The third-order valence-electron chi connectivity index (χ3n) is 6.60. The Labute approximate surface area is 171 Å². The molecular formula is C21H32N4O4. The summed E-state index contributed by atoms with van der Waals surface area (Å²) in [5, 5.41) is 4.08. The Balaban J connectivity index is 1.21. The fourth-order valence-corrected chi connectivity index (χ4v) is 4.59. The maximum Gasteiger partial charge on any atom is 0.233 e. The molecule has 4 rings (SSSR count). The van der Waals surface area contributed by atoms with Gasteiger partial charge in [-0.2, -0.15) is 4.98 Å². The van der Waals surface area contributed by atoms with Gasteiger partial charge >= 0.3 is 0 Å². The Kier molecular flexibility index (Phi) is 6.47. The predicted molar refractivity (Wildman–Crippen MR) is 105 cm³/mol. The lowest BCUT2D eigenvalue weighted by Gasteiger charge is -2.39. The van der Waals surface area contributed by atoms with Gasteiger partial charge in [-0.05, 0) is 25.7 Å². The summed E-state index contributed by atoms with van der Waals surface area (Å²) in [5.74, 6) is 2.14. The molecule has 1 aliphatic carbocycles. The number of hydrogen-bond acceptors (Lipinski definition) is 6. The summed E-state index contributed by atoms with van der Waals surface area (Å²) in [5.41, 5.74) is 0. The van der Waals surface area contributed by atoms with E-state index in [4.69, 9.17) is 9.26 Å². The molecule has 1 aromatic heterocycles. The van der Waals surface area contributed by atoms with E-state index in [0.717, 1.165) is 25.7 Å². The van der Waals surface area contributed by atoms with Crippen molar-refractivity contribution in [2.45, 2.75) is 57.3 Å². The van der Waals surface area contributed by atoms with Crippen LogP contribution < -0.4 is 0 Å². The molecule has 0 spiro atoms. The van der Waals surface area contributed by atoms with Crippen LogP contribution in [0.1, 0.15) is 62.6 Å². The van der Waals surface area contributed by atoms with E-state index in [1.807, 2.05) is 11.9 Å². The minimum absolute atomic E-state index is 0.0669. The third kappa shape index (κ3) is 4.79. The molecule has 0 radical (unpaired) electrons. The van der Waals surface area contributed by atoms with Crippen molar-refractivity contribution in [1.29, 1.82) is 0 Å². The van der Waals surface area contributed by atoms with Crippen LogP contribution in [-0.4, -0.2) is 71.7 Å². The van der Waals surface area contributed by atoms with Gasteiger partial charge in [0, 0.05) is 58.2 Å². The molecule has 0 unspecified atom stereocenters. The number of rotatable bonds is 6. The molecule has 2 aliphatic heterocycles. The summed E-state index contributed by atoms with van der Waals surface area (Å²) < 4.78 is 10.8. The Bertz CT molecular complexity index is 703. The van der Waals surface area contributed by atoms with Crippen LogP contribution in [0.4, 0.5) is 0 Å². The molecule has 1 aromatic rings. The normalized spacial score (nSPS) is 21.8. The number of ether oxygens (including phenoxy) is 1. The van der Waals surface area contributed by atoms with Gasteiger partial charge in [-0.25, -0.2) is 0 Å². The van der Waals surface area contributed by atoms with Gasteiger partial charge in [-0.3, -0.25) is 9.59 Å². The highest BCUT2D eigenvalue weighted by Crippen LogP contribution is 2.31. The van der Waals surface area contributed by atoms with Gasteiger partial charge in [0.2, 0.25) is 17.7 Å². The summed E-state index contributed by atoms with van der Waals surface area (Å²) in [4.78, 5) is 33.2. The first-order chi connectivity index (χ1) is 14.1. The van der Waals surface area contributed by atoms with E-state index in [9.17, 15) is 9.59 Å². The molecule has 3 aliphatic rings. The van der Waals surface area contributed by atoms with Gasteiger partial charge < -0.3 is 19.1 Å². The average Bonchev–Trinajstić information content (AvgIpc) is 3.20. The minimum atomic E-state index is 0.0669. The lowest BCUT2D eigenvalue weighted by atomic mass is 9.86. The van der Waals surface area contributed by atoms with Gasteiger partial charge in [0.25, 0.3) is 0 Å². The van der Waals surface area contributed by atoms with Crippen molar-refractivity contribution in [1.82, 2.24) is 19.9 Å². The van der Waals surface area contributed by atoms with E-state index in [-0.39, 0.29) is 23.7 Å². The van der Waals surface area contributed by atoms with Crippen molar-refractivity contribution in [3.63, 3.8) is 0 Å². The molecule has 29 heavy (non-hydrogen) atoms. The summed E-state index contributed by atoms with van der Waals surface area (Å²) in [6.07, 6.45) is 7.84. The molecule has 3 heterocycles. The molecule has 2 amide bonds. The molecular weight excluding hydrogens is 372 g/mol. The molecule has 2 saturated heterocycles. The van der Waals surface area contributed by atoms with E-state index in [0.29, 0.717) is 56.9 Å². The number of carbonyl (C=O) groups excluding carboxylic acids is 2. The van der Waals surface area contributed by atoms with Crippen molar-refractivity contribution in [3.05, 3.63) is 11.7 Å². The number of aromatic nitrogens is 2. The van der Waals surface area contributed by atoms with Crippen LogP contribution >= 0.6 is 0 Å². The second-order valence-electron chi connectivity index (χ2n) is 8.72. The van der Waals surface area contributed by atoms with Crippen LogP contribution in [0.3, 0.4) is 0 Å². The zero-order chi connectivity index (χ0) is 20.2. The smallest absolute Gasteiger partial charge is 0.233 e. The van der Waals surface area contributed by atoms with Crippen LogP contribution in [0.5, 0.6) is 0 Å². The van der Waals surface area contributed by atoms with Crippen molar-refractivity contribution >= 4 is 11.8 Å². The molecule has 8 nitrogen and oxygen atoms in total. The second kappa shape index (κ2) is 9.24. The molecule has 3 fully saturated rings. The van der Waals surface area contributed by atoms with E-state index in [2.05, 4.69) is 10.1 Å². The predicted octanol–water partition coefficient (Wildman–Crippen LogP) is 2.00. The number of amides is 2. The van der Waals surface area contributed by atoms with E-state index < -0.39 is 0 Å². The van der Waals surface area contributed by atoms with Gasteiger partial charge in [0.15, 0.2) is 5.82 Å². The lowest BCUT2D eigenvalue weighted by Crippen LogP contribution is -2.51. The van der Waals surface area contributed by atoms with Gasteiger partial charge in [-0.1, -0.05) is 24.4 Å². The summed E-state index contributed by atoms with van der Waals surface area (Å²) in [7, 11) is 1.83. The second-order valence-corrected chi connectivity index (χ2v) is 8.72. The first-order valence-electron chi connectivity index (χ1n) is 11.1. The summed E-state index contributed by atoms with van der Waals surface area (Å²) in [6.45, 7) is 3.27. The Morgan fingerprint density at radius 3 is 2.52 bits per heavy atom. The summed E-state index contributed by atoms with van der Waals surface area (Å²) >= 11 is 0. The maximum atomic E-state index is 12.5. The molecule has 8 heteroatoms. The first kappa shape index (κ1) is 20.3. The number of hydrogen-bond donors (Lipinski definition) is 0. The van der Waals surface area contributed by atoms with E-state index in [1.54, 1.807) is 4.90 Å². The van der Waals surface area contributed by atoms with Crippen molar-refractivity contribution < 1.29 is 18.8 Å². The summed E-state index contributed by atoms with van der Waals surface area (Å²) in [6, 6.07) is 0. The van der Waals surface area contributed by atoms with Crippen LogP contribution in [0.2, 0.25) is 0 Å². The number of likely N-dealkylation sites (N-methyl/N-ethyl adjacent to an activating group) is 1. The lowest BCUT2D eigenvalue weighted by molar-refractivity contribution is -0.141. The van der Waals surface area contributed by atoms with Crippen molar-refractivity contribution in [2.24, 2.45) is 11.8 Å². The zero-order valence-electron chi connectivity index (χ0n) is 17.3. The molecule has 0 atom stereocenters. The van der Waals surface area contributed by atoms with Crippen LogP contribution in [0, 0.1) is 11.8 Å². The number of likely N-dealkylation sites (tertiary alicyclic amines) is 1. The van der Waals surface area contributed by atoms with Crippen LogP contribution in [0.25, 0.3) is 0 Å². The standard InChI is InChI=1S/C21H32N4O4/c1-24(20(26)16-8-11-28-12-9-16)10-7-18-22-19(29-23-18)17-13-25(14-17)21(27)15-5-3-2-4-6-15/h15-17H,2-14H2,1H3. The highest BCUT2D eigenvalue weighted by molar-refractivity contribution is 5.80. The maximum absolute atomic E-state index is 12.5. The number of nitrogens with zero attached hydrogens (tertiary/aromatic N) is 4. The molecule has 160 valence electrons. The van der Waals surface area contributed by atoms with E-state index >= 15 is 0 Å². The van der Waals surface area contributed by atoms with Crippen molar-refractivity contribution in [2.75, 3.05) is 39.9 Å². The molecule has 0 aromatic carbocycles. The molecule has 1 saturated carbocycles.